The van der Waals surface area contributed by atoms with Gasteiger partial charge in [-0.1, -0.05) is 36.4 Å². The van der Waals surface area contributed by atoms with Gasteiger partial charge in [-0.3, -0.25) is 14.4 Å². The maximum atomic E-state index is 14.0. The second-order valence-corrected chi connectivity index (χ2v) is 9.09. The number of imide groups is 1. The van der Waals surface area contributed by atoms with Crippen molar-refractivity contribution < 1.29 is 19.3 Å². The van der Waals surface area contributed by atoms with Crippen LogP contribution in [0.25, 0.3) is 0 Å². The molecule has 5 atom stereocenters. The summed E-state index contributed by atoms with van der Waals surface area (Å²) < 4.78 is 0. The molecule has 1 unspecified atom stereocenters. The van der Waals surface area contributed by atoms with Crippen molar-refractivity contribution in [2.45, 2.75) is 38.3 Å². The van der Waals surface area contributed by atoms with Gasteiger partial charge in [0.2, 0.25) is 17.4 Å². The molecule has 1 spiro atoms. The molecule has 3 saturated heterocycles. The molecule has 2 aromatic carbocycles. The highest BCUT2D eigenvalue weighted by molar-refractivity contribution is 6.25. The van der Waals surface area contributed by atoms with Gasteiger partial charge >= 0.3 is 0 Å². The molecule has 6 rings (SSSR count). The van der Waals surface area contributed by atoms with E-state index >= 15 is 0 Å². The van der Waals surface area contributed by atoms with E-state index in [9.17, 15) is 14.4 Å². The number of carbonyl (C=O) groups is 3. The van der Waals surface area contributed by atoms with Gasteiger partial charge in [-0.2, -0.15) is 0 Å². The zero-order valence-corrected chi connectivity index (χ0v) is 17.1. The lowest BCUT2D eigenvalue weighted by molar-refractivity contribution is -0.948. The molecular formula is C24H24N3O3+. The first-order valence-electron chi connectivity index (χ1n) is 10.7. The smallest absolute Gasteiger partial charge is 0.291 e. The topological polar surface area (TPSA) is 70.9 Å². The molecule has 4 heterocycles. The number of para-hydroxylation sites is 2. The van der Waals surface area contributed by atoms with Gasteiger partial charge in [-0.15, -0.1) is 0 Å². The highest BCUT2D eigenvalue weighted by Crippen LogP contribution is 2.52. The van der Waals surface area contributed by atoms with Crippen LogP contribution in [0.1, 0.15) is 29.5 Å². The van der Waals surface area contributed by atoms with Crippen LogP contribution in [0.3, 0.4) is 0 Å². The Balaban J connectivity index is 1.58. The molecule has 6 heteroatoms. The lowest BCUT2D eigenvalue weighted by Crippen LogP contribution is -3.19. The van der Waals surface area contributed by atoms with Crippen LogP contribution < -0.4 is 15.1 Å². The lowest BCUT2D eigenvalue weighted by Gasteiger charge is -2.33. The average Bonchev–Trinajstić information content (AvgIpc) is 3.42. The summed E-state index contributed by atoms with van der Waals surface area (Å²) in [4.78, 5) is 43.8. The lowest BCUT2D eigenvalue weighted by atomic mass is 9.75. The molecular weight excluding hydrogens is 378 g/mol. The number of nitrogens with one attached hydrogen (secondary N) is 2. The van der Waals surface area contributed by atoms with Gasteiger partial charge in [0.25, 0.3) is 5.91 Å². The van der Waals surface area contributed by atoms with Gasteiger partial charge in [-0.25, -0.2) is 4.90 Å². The molecule has 30 heavy (non-hydrogen) atoms. The van der Waals surface area contributed by atoms with E-state index in [1.165, 1.54) is 4.90 Å². The van der Waals surface area contributed by atoms with Gasteiger partial charge in [0.1, 0.15) is 17.9 Å². The van der Waals surface area contributed by atoms with Crippen molar-refractivity contribution in [3.8, 4) is 0 Å². The fourth-order valence-electron chi connectivity index (χ4n) is 6.80. The van der Waals surface area contributed by atoms with E-state index in [1.54, 1.807) is 0 Å². The molecule has 2 N–H and O–H groups in total. The molecule has 0 aromatic heterocycles. The first-order valence-corrected chi connectivity index (χ1v) is 10.7. The number of rotatable bonds is 1. The Labute approximate surface area is 174 Å². The molecule has 4 aliphatic rings. The van der Waals surface area contributed by atoms with E-state index in [0.29, 0.717) is 5.69 Å². The van der Waals surface area contributed by atoms with Crippen LogP contribution >= 0.6 is 0 Å². The number of quaternary nitrogens is 1. The maximum Gasteiger partial charge on any atom is 0.291 e. The highest BCUT2D eigenvalue weighted by Gasteiger charge is 2.78. The first-order chi connectivity index (χ1) is 14.5. The number of anilines is 2. The monoisotopic (exact) mass is 402 g/mol. The third kappa shape index (κ3) is 1.86. The zero-order valence-electron chi connectivity index (χ0n) is 17.1. The Morgan fingerprint density at radius 1 is 1.00 bits per heavy atom. The van der Waals surface area contributed by atoms with E-state index in [4.69, 9.17) is 0 Å². The summed E-state index contributed by atoms with van der Waals surface area (Å²) in [6, 6.07) is 13.5. The molecule has 0 aliphatic carbocycles. The van der Waals surface area contributed by atoms with Crippen molar-refractivity contribution in [2.75, 3.05) is 16.8 Å². The SMILES string of the molecule is Cc1cccc(C)c1N1C(=O)[C@H]2[C@H]3CCC[NH+]3[C@@]3(C(=O)Nc4ccccc43)[C@@H]2C1=O. The van der Waals surface area contributed by atoms with Gasteiger partial charge in [-0.05, 0) is 31.0 Å². The standard InChI is InChI=1S/C24H23N3O3/c1-13-7-5-8-14(2)20(13)27-21(28)18-17-11-6-12-26(17)24(19(18)22(27)29)15-9-3-4-10-16(15)25-23(24)30/h3-5,7-10,17-19H,6,11-12H2,1-2H3,(H,25,30)/p+1/t17-,18+,19+,24-/m1/s1. The van der Waals surface area contributed by atoms with Crippen LogP contribution in [-0.4, -0.2) is 30.3 Å². The fraction of sp³-hybridized carbons (Fsp3) is 0.375. The first kappa shape index (κ1) is 17.8. The number of benzene rings is 2. The number of amides is 3. The minimum atomic E-state index is -1.01. The summed E-state index contributed by atoms with van der Waals surface area (Å²) in [6.07, 6.45) is 1.83. The largest absolute Gasteiger partial charge is 0.320 e. The van der Waals surface area contributed by atoms with E-state index in [0.717, 1.165) is 46.7 Å². The summed E-state index contributed by atoms with van der Waals surface area (Å²) in [5.41, 5.74) is 3.11. The molecule has 4 aliphatic heterocycles. The Morgan fingerprint density at radius 2 is 1.73 bits per heavy atom. The Hall–Kier alpha value is -2.99. The third-order valence-electron chi connectivity index (χ3n) is 7.79. The second-order valence-electron chi connectivity index (χ2n) is 9.09. The summed E-state index contributed by atoms with van der Waals surface area (Å²) in [5.74, 6) is -1.61. The van der Waals surface area contributed by atoms with Crippen molar-refractivity contribution in [1.82, 2.24) is 0 Å². The van der Waals surface area contributed by atoms with Crippen LogP contribution in [-0.2, 0) is 19.9 Å². The fourth-order valence-corrected chi connectivity index (χ4v) is 6.80. The number of aryl methyl sites for hydroxylation is 2. The summed E-state index contributed by atoms with van der Waals surface area (Å²) in [5, 5.41) is 3.03. The number of nitrogens with zero attached hydrogens (tertiary/aromatic N) is 1. The Bertz CT molecular complexity index is 1120. The van der Waals surface area contributed by atoms with Crippen LogP contribution in [0.15, 0.2) is 42.5 Å². The predicted octanol–water partition coefficient (Wildman–Crippen LogP) is 1.32. The summed E-state index contributed by atoms with van der Waals surface area (Å²) >= 11 is 0. The quantitative estimate of drug-likeness (QED) is 0.707. The third-order valence-corrected chi connectivity index (χ3v) is 7.79. The minimum Gasteiger partial charge on any atom is -0.320 e. The molecule has 6 nitrogen and oxygen atoms in total. The van der Waals surface area contributed by atoms with Crippen molar-refractivity contribution >= 4 is 29.1 Å². The minimum absolute atomic E-state index is 0.00215. The second kappa shape index (κ2) is 5.79. The van der Waals surface area contributed by atoms with Crippen molar-refractivity contribution in [3.05, 3.63) is 59.2 Å². The van der Waals surface area contributed by atoms with Gasteiger partial charge in [0.15, 0.2) is 0 Å². The Kier molecular flexibility index (Phi) is 3.44. The van der Waals surface area contributed by atoms with Crippen molar-refractivity contribution in [1.29, 1.82) is 0 Å². The highest BCUT2D eigenvalue weighted by atomic mass is 16.2. The molecule has 2 aromatic rings. The molecule has 3 fully saturated rings. The number of fused-ring (bicyclic) bond motifs is 7. The predicted molar refractivity (Wildman–Crippen MR) is 111 cm³/mol. The van der Waals surface area contributed by atoms with E-state index < -0.39 is 17.4 Å². The number of hydrogen-bond donors (Lipinski definition) is 2. The summed E-state index contributed by atoms with van der Waals surface area (Å²) in [7, 11) is 0. The molecule has 152 valence electrons. The number of hydrogen-bond acceptors (Lipinski definition) is 3. The van der Waals surface area contributed by atoms with E-state index in [2.05, 4.69) is 5.32 Å². The van der Waals surface area contributed by atoms with E-state index in [1.807, 2.05) is 56.3 Å². The normalized spacial score (nSPS) is 33.8. The van der Waals surface area contributed by atoms with Crippen LogP contribution in [0.2, 0.25) is 0 Å². The van der Waals surface area contributed by atoms with Gasteiger partial charge in [0, 0.05) is 18.4 Å². The van der Waals surface area contributed by atoms with Crippen LogP contribution in [0.4, 0.5) is 11.4 Å². The molecule has 0 bridgehead atoms. The van der Waals surface area contributed by atoms with Crippen molar-refractivity contribution in [3.63, 3.8) is 0 Å². The summed E-state index contributed by atoms with van der Waals surface area (Å²) in [6.45, 7) is 4.66. The van der Waals surface area contributed by atoms with Crippen LogP contribution in [0, 0.1) is 25.7 Å². The molecule has 0 saturated carbocycles. The average molecular weight is 402 g/mol. The maximum absolute atomic E-state index is 14.0. The van der Waals surface area contributed by atoms with E-state index in [-0.39, 0.29) is 23.8 Å². The molecule has 3 amide bonds. The van der Waals surface area contributed by atoms with Gasteiger partial charge in [0.05, 0.1) is 17.9 Å². The van der Waals surface area contributed by atoms with Crippen molar-refractivity contribution in [2.24, 2.45) is 11.8 Å². The molecule has 0 radical (unpaired) electrons. The Morgan fingerprint density at radius 3 is 2.50 bits per heavy atom. The zero-order chi connectivity index (χ0) is 20.8. The van der Waals surface area contributed by atoms with Gasteiger partial charge < -0.3 is 10.2 Å². The van der Waals surface area contributed by atoms with Crippen LogP contribution in [0.5, 0.6) is 0 Å². The number of carbonyl (C=O) groups excluding carboxylic acids is 3.